The van der Waals surface area contributed by atoms with Crippen LogP contribution in [0.4, 0.5) is 0 Å². The fourth-order valence-corrected chi connectivity index (χ4v) is 2.29. The molecule has 2 unspecified atom stereocenters. The predicted octanol–water partition coefficient (Wildman–Crippen LogP) is -2.87. The van der Waals surface area contributed by atoms with Gasteiger partial charge in [-0.1, -0.05) is 0 Å². The molecule has 0 aromatic heterocycles. The zero-order chi connectivity index (χ0) is 20.1. The van der Waals surface area contributed by atoms with E-state index in [0.717, 1.165) is 0 Å². The average molecular weight is 391 g/mol. The minimum Gasteiger partial charge on any atom is -0.480 e. The van der Waals surface area contributed by atoms with Gasteiger partial charge >= 0.3 is 5.97 Å². The summed E-state index contributed by atoms with van der Waals surface area (Å²) in [5.74, 6) is -3.31. The van der Waals surface area contributed by atoms with Gasteiger partial charge in [-0.2, -0.15) is 11.8 Å². The van der Waals surface area contributed by atoms with Crippen molar-refractivity contribution >= 4 is 41.4 Å². The van der Waals surface area contributed by atoms with Gasteiger partial charge < -0.3 is 32.5 Å². The highest BCUT2D eigenvalue weighted by Crippen LogP contribution is 2.04. The first-order chi connectivity index (χ1) is 12.2. The predicted molar refractivity (Wildman–Crippen MR) is 95.0 cm³/mol. The second-order valence-corrected chi connectivity index (χ2v) is 6.27. The number of carbonyl (C=O) groups excluding carboxylic acids is 4. The SMILES string of the molecule is CSCCC(NC(=O)CNC(=O)CN)C(=O)NC(CCC(N)=O)C(=O)O. The molecule has 0 fully saturated rings. The van der Waals surface area contributed by atoms with E-state index in [1.807, 2.05) is 6.26 Å². The first kappa shape index (κ1) is 23.7. The third-order valence-electron chi connectivity index (χ3n) is 3.19. The van der Waals surface area contributed by atoms with Crippen LogP contribution in [-0.4, -0.2) is 71.9 Å². The molecule has 26 heavy (non-hydrogen) atoms. The maximum atomic E-state index is 12.3. The summed E-state index contributed by atoms with van der Waals surface area (Å²) in [4.78, 5) is 57.2. The molecule has 0 aromatic rings. The third kappa shape index (κ3) is 10.5. The second kappa shape index (κ2) is 12.9. The summed E-state index contributed by atoms with van der Waals surface area (Å²) in [7, 11) is 0. The molecule has 0 bridgehead atoms. The van der Waals surface area contributed by atoms with Crippen molar-refractivity contribution in [2.45, 2.75) is 31.3 Å². The maximum Gasteiger partial charge on any atom is 0.326 e. The smallest absolute Gasteiger partial charge is 0.326 e. The van der Waals surface area contributed by atoms with E-state index in [9.17, 15) is 24.0 Å². The van der Waals surface area contributed by atoms with Crippen molar-refractivity contribution in [2.75, 3.05) is 25.1 Å². The monoisotopic (exact) mass is 391 g/mol. The number of nitrogens with two attached hydrogens (primary N) is 2. The van der Waals surface area contributed by atoms with E-state index in [1.165, 1.54) is 11.8 Å². The number of hydrogen-bond acceptors (Lipinski definition) is 7. The quantitative estimate of drug-likeness (QED) is 0.193. The number of carbonyl (C=O) groups is 5. The van der Waals surface area contributed by atoms with E-state index in [0.29, 0.717) is 5.75 Å². The van der Waals surface area contributed by atoms with Gasteiger partial charge in [0.1, 0.15) is 12.1 Å². The van der Waals surface area contributed by atoms with Crippen molar-refractivity contribution in [2.24, 2.45) is 11.5 Å². The van der Waals surface area contributed by atoms with Gasteiger partial charge in [-0.05, 0) is 24.9 Å². The molecule has 0 aliphatic heterocycles. The Morgan fingerprint density at radius 3 is 2.19 bits per heavy atom. The number of primary amides is 1. The number of hydrogen-bond donors (Lipinski definition) is 6. The Balaban J connectivity index is 4.82. The largest absolute Gasteiger partial charge is 0.480 e. The lowest BCUT2D eigenvalue weighted by atomic mass is 10.1. The lowest BCUT2D eigenvalue weighted by molar-refractivity contribution is -0.142. The van der Waals surface area contributed by atoms with Crippen molar-refractivity contribution < 1.29 is 29.1 Å². The molecule has 0 aromatic carbocycles. The molecule has 4 amide bonds. The van der Waals surface area contributed by atoms with Crippen molar-refractivity contribution in [1.82, 2.24) is 16.0 Å². The number of thioether (sulfide) groups is 1. The highest BCUT2D eigenvalue weighted by atomic mass is 32.2. The third-order valence-corrected chi connectivity index (χ3v) is 3.83. The molecule has 0 rings (SSSR count). The number of carboxylic acid groups (broad SMARTS) is 1. The van der Waals surface area contributed by atoms with Crippen molar-refractivity contribution in [1.29, 1.82) is 0 Å². The molecular weight excluding hydrogens is 366 g/mol. The Morgan fingerprint density at radius 2 is 1.69 bits per heavy atom. The van der Waals surface area contributed by atoms with Gasteiger partial charge in [0, 0.05) is 6.42 Å². The zero-order valence-corrected chi connectivity index (χ0v) is 15.3. The molecule has 0 heterocycles. The number of carboxylic acids is 1. The van der Waals surface area contributed by atoms with Gasteiger partial charge in [-0.3, -0.25) is 19.2 Å². The molecule has 0 saturated carbocycles. The Hall–Kier alpha value is -2.34. The van der Waals surface area contributed by atoms with E-state index < -0.39 is 41.7 Å². The summed E-state index contributed by atoms with van der Waals surface area (Å²) in [5.41, 5.74) is 10.1. The van der Waals surface area contributed by atoms with Crippen LogP contribution in [0.1, 0.15) is 19.3 Å². The van der Waals surface area contributed by atoms with Crippen LogP contribution in [0.2, 0.25) is 0 Å². The van der Waals surface area contributed by atoms with Crippen LogP contribution in [0.25, 0.3) is 0 Å². The van der Waals surface area contributed by atoms with Crippen molar-refractivity contribution in [3.8, 4) is 0 Å². The number of aliphatic carboxylic acids is 1. The molecule has 0 aliphatic carbocycles. The Bertz CT molecular complexity index is 530. The molecule has 12 heteroatoms. The van der Waals surface area contributed by atoms with Gasteiger partial charge in [0.05, 0.1) is 13.1 Å². The first-order valence-corrected chi connectivity index (χ1v) is 9.17. The molecule has 0 aliphatic rings. The molecule has 0 saturated heterocycles. The van der Waals surface area contributed by atoms with Crippen LogP contribution >= 0.6 is 11.8 Å². The first-order valence-electron chi connectivity index (χ1n) is 7.77. The minimum absolute atomic E-state index is 0.161. The van der Waals surface area contributed by atoms with E-state index in [2.05, 4.69) is 16.0 Å². The number of nitrogens with one attached hydrogen (secondary N) is 3. The summed E-state index contributed by atoms with van der Waals surface area (Å²) in [6, 6.07) is -2.29. The van der Waals surface area contributed by atoms with Crippen molar-refractivity contribution in [3.05, 3.63) is 0 Å². The van der Waals surface area contributed by atoms with Gasteiger partial charge in [0.15, 0.2) is 0 Å². The minimum atomic E-state index is -1.32. The summed E-state index contributed by atoms with van der Waals surface area (Å²) in [5, 5.41) is 16.1. The van der Waals surface area contributed by atoms with Crippen LogP contribution in [-0.2, 0) is 24.0 Å². The lowest BCUT2D eigenvalue weighted by Crippen LogP contribution is -2.53. The number of amides is 4. The van der Waals surface area contributed by atoms with Gasteiger partial charge in [-0.15, -0.1) is 0 Å². The van der Waals surface area contributed by atoms with Crippen LogP contribution in [0.5, 0.6) is 0 Å². The maximum absolute atomic E-state index is 12.3. The van der Waals surface area contributed by atoms with Crippen LogP contribution < -0.4 is 27.4 Å². The number of rotatable bonds is 13. The lowest BCUT2D eigenvalue weighted by Gasteiger charge is -2.21. The molecule has 0 spiro atoms. The molecule has 0 radical (unpaired) electrons. The normalized spacial score (nSPS) is 12.5. The fourth-order valence-electron chi connectivity index (χ4n) is 1.82. The summed E-state index contributed by atoms with van der Waals surface area (Å²) in [6.45, 7) is -0.632. The zero-order valence-electron chi connectivity index (χ0n) is 14.4. The molecule has 148 valence electrons. The van der Waals surface area contributed by atoms with Gasteiger partial charge in [-0.25, -0.2) is 4.79 Å². The van der Waals surface area contributed by atoms with E-state index in [4.69, 9.17) is 16.6 Å². The second-order valence-electron chi connectivity index (χ2n) is 5.29. The highest BCUT2D eigenvalue weighted by molar-refractivity contribution is 7.98. The summed E-state index contributed by atoms with van der Waals surface area (Å²) < 4.78 is 0. The molecule has 11 nitrogen and oxygen atoms in total. The Kier molecular flexibility index (Phi) is 11.8. The highest BCUT2D eigenvalue weighted by Gasteiger charge is 2.26. The fraction of sp³-hybridized carbons (Fsp3) is 0.643. The van der Waals surface area contributed by atoms with Crippen LogP contribution in [0.15, 0.2) is 0 Å². The van der Waals surface area contributed by atoms with Crippen LogP contribution in [0.3, 0.4) is 0 Å². The molecule has 2 atom stereocenters. The molecule has 8 N–H and O–H groups in total. The summed E-state index contributed by atoms with van der Waals surface area (Å²) in [6.07, 6.45) is 1.70. The summed E-state index contributed by atoms with van der Waals surface area (Å²) >= 11 is 1.44. The van der Waals surface area contributed by atoms with E-state index in [-0.39, 0.29) is 32.4 Å². The average Bonchev–Trinajstić information content (AvgIpc) is 2.59. The Labute approximate surface area is 155 Å². The topological polar surface area (TPSA) is 194 Å². The van der Waals surface area contributed by atoms with Crippen LogP contribution in [0, 0.1) is 0 Å². The van der Waals surface area contributed by atoms with Gasteiger partial charge in [0.2, 0.25) is 23.6 Å². The molecular formula is C14H25N5O6S. The van der Waals surface area contributed by atoms with E-state index >= 15 is 0 Å². The standard InChI is InChI=1S/C14H25N5O6S/c1-26-5-4-8(18-12(22)7-17-11(21)6-15)13(23)19-9(14(24)25)2-3-10(16)20/h8-9H,2-7,15H2,1H3,(H2,16,20)(H,17,21)(H,18,22)(H,19,23)(H,24,25). The van der Waals surface area contributed by atoms with E-state index in [1.54, 1.807) is 0 Å². The Morgan fingerprint density at radius 1 is 1.04 bits per heavy atom. The van der Waals surface area contributed by atoms with Gasteiger partial charge in [0.25, 0.3) is 0 Å². The van der Waals surface area contributed by atoms with Crippen molar-refractivity contribution in [3.63, 3.8) is 0 Å².